The molecule has 0 unspecified atom stereocenters. The van der Waals surface area contributed by atoms with Crippen molar-refractivity contribution in [2.45, 2.75) is 25.9 Å². The van der Waals surface area contributed by atoms with E-state index in [4.69, 9.17) is 4.74 Å². The molecule has 1 aliphatic rings. The van der Waals surface area contributed by atoms with Crippen molar-refractivity contribution in [2.24, 2.45) is 0 Å². The third-order valence-corrected chi connectivity index (χ3v) is 5.97. The molecule has 1 fully saturated rings. The fourth-order valence-electron chi connectivity index (χ4n) is 3.36. The van der Waals surface area contributed by atoms with Gasteiger partial charge in [-0.3, -0.25) is 10.1 Å². The van der Waals surface area contributed by atoms with E-state index in [0.717, 1.165) is 42.2 Å². The molecule has 1 aromatic heterocycles. The average Bonchev–Trinajstić information content (AvgIpc) is 3.31. The van der Waals surface area contributed by atoms with Gasteiger partial charge in [-0.2, -0.15) is 5.26 Å². The fourth-order valence-corrected chi connectivity index (χ4v) is 4.15. The topological polar surface area (TPSA) is 91.1 Å². The first-order valence-electron chi connectivity index (χ1n) is 10.5. The molecule has 162 valence electrons. The second-order valence-corrected chi connectivity index (χ2v) is 8.36. The molecule has 0 radical (unpaired) electrons. The molecule has 3 aromatic rings. The minimum absolute atomic E-state index is 0.00215. The largest absolute Gasteiger partial charge is 0.489 e. The van der Waals surface area contributed by atoms with Gasteiger partial charge in [-0.25, -0.2) is 0 Å². The van der Waals surface area contributed by atoms with Crippen LogP contribution >= 0.6 is 11.3 Å². The summed E-state index contributed by atoms with van der Waals surface area (Å²) >= 11 is 1.33. The molecule has 7 nitrogen and oxygen atoms in total. The number of carbonyl (C=O) groups excluding carboxylic acids is 1. The third-order valence-electron chi connectivity index (χ3n) is 5.07. The lowest BCUT2D eigenvalue weighted by atomic mass is 10.1. The summed E-state index contributed by atoms with van der Waals surface area (Å²) in [6.45, 7) is 2.39. The lowest BCUT2D eigenvalue weighted by molar-refractivity contribution is -0.112. The molecular weight excluding hydrogens is 422 g/mol. The molecule has 8 heteroatoms. The van der Waals surface area contributed by atoms with E-state index in [1.165, 1.54) is 17.8 Å². The fraction of sp³-hybridized carbons (Fsp3) is 0.250. The van der Waals surface area contributed by atoms with E-state index in [2.05, 4.69) is 20.4 Å². The summed E-state index contributed by atoms with van der Waals surface area (Å²) < 4.78 is 5.77. The Labute approximate surface area is 191 Å². The third kappa shape index (κ3) is 5.71. The Hall–Kier alpha value is -3.70. The maximum absolute atomic E-state index is 12.6. The maximum Gasteiger partial charge on any atom is 0.268 e. The Morgan fingerprint density at radius 1 is 1.09 bits per heavy atom. The van der Waals surface area contributed by atoms with Crippen LogP contribution in [0.4, 0.5) is 10.3 Å². The predicted octanol–water partition coefficient (Wildman–Crippen LogP) is 4.65. The van der Waals surface area contributed by atoms with Gasteiger partial charge in [0.25, 0.3) is 5.91 Å². The molecular formula is C24H23N5O2S. The Morgan fingerprint density at radius 2 is 1.84 bits per heavy atom. The van der Waals surface area contributed by atoms with Gasteiger partial charge < -0.3 is 9.64 Å². The minimum atomic E-state index is -0.502. The van der Waals surface area contributed by atoms with E-state index in [9.17, 15) is 10.1 Å². The van der Waals surface area contributed by atoms with Gasteiger partial charge in [-0.15, -0.1) is 10.2 Å². The number of aromatic nitrogens is 2. The number of nitrogens with one attached hydrogen (secondary N) is 1. The number of carbonyl (C=O) groups is 1. The Kier molecular flexibility index (Phi) is 7.10. The van der Waals surface area contributed by atoms with E-state index in [0.29, 0.717) is 17.5 Å². The smallest absolute Gasteiger partial charge is 0.268 e. The van der Waals surface area contributed by atoms with Crippen molar-refractivity contribution in [1.82, 2.24) is 10.2 Å². The number of anilines is 2. The highest BCUT2D eigenvalue weighted by atomic mass is 32.1. The van der Waals surface area contributed by atoms with Crippen LogP contribution in [0.25, 0.3) is 6.08 Å². The summed E-state index contributed by atoms with van der Waals surface area (Å²) in [4.78, 5) is 14.7. The quantitative estimate of drug-likeness (QED) is 0.420. The zero-order valence-electron chi connectivity index (χ0n) is 17.5. The number of amides is 1. The molecule has 4 rings (SSSR count). The average molecular weight is 446 g/mol. The Bertz CT molecular complexity index is 1110. The summed E-state index contributed by atoms with van der Waals surface area (Å²) in [5, 5.41) is 21.6. The summed E-state index contributed by atoms with van der Waals surface area (Å²) in [5.74, 6) is 0.214. The summed E-state index contributed by atoms with van der Waals surface area (Å²) in [5.41, 5.74) is 1.81. The van der Waals surface area contributed by atoms with Gasteiger partial charge in [0.2, 0.25) is 10.3 Å². The molecule has 1 aliphatic heterocycles. The number of piperidine rings is 1. The lowest BCUT2D eigenvalue weighted by Crippen LogP contribution is -2.29. The highest BCUT2D eigenvalue weighted by Gasteiger charge is 2.17. The molecule has 1 amide bonds. The summed E-state index contributed by atoms with van der Waals surface area (Å²) in [6, 6.07) is 19.1. The van der Waals surface area contributed by atoms with Crippen LogP contribution in [-0.2, 0) is 11.4 Å². The van der Waals surface area contributed by atoms with Crippen LogP contribution in [-0.4, -0.2) is 29.2 Å². The predicted molar refractivity (Wildman–Crippen MR) is 125 cm³/mol. The molecule has 0 bridgehead atoms. The molecule has 0 saturated carbocycles. The van der Waals surface area contributed by atoms with E-state index < -0.39 is 5.91 Å². The highest BCUT2D eigenvalue weighted by molar-refractivity contribution is 7.19. The van der Waals surface area contributed by atoms with Gasteiger partial charge in [-0.1, -0.05) is 53.8 Å². The number of rotatable bonds is 7. The van der Waals surface area contributed by atoms with Crippen molar-refractivity contribution < 1.29 is 9.53 Å². The van der Waals surface area contributed by atoms with E-state index in [-0.39, 0.29) is 5.57 Å². The number of ether oxygens (including phenoxy) is 1. The van der Waals surface area contributed by atoms with Crippen molar-refractivity contribution in [3.8, 4) is 11.8 Å². The van der Waals surface area contributed by atoms with Crippen LogP contribution in [0.1, 0.15) is 30.4 Å². The van der Waals surface area contributed by atoms with Gasteiger partial charge in [0, 0.05) is 13.1 Å². The molecule has 0 spiro atoms. The van der Waals surface area contributed by atoms with Crippen molar-refractivity contribution in [2.75, 3.05) is 23.3 Å². The first-order chi connectivity index (χ1) is 15.7. The minimum Gasteiger partial charge on any atom is -0.489 e. The Balaban J connectivity index is 1.36. The summed E-state index contributed by atoms with van der Waals surface area (Å²) in [6.07, 6.45) is 5.05. The SMILES string of the molecule is N#C/C(=C/c1ccc(OCc2ccccc2)cc1)C(=O)Nc1nnc(N2CCCCC2)s1. The first kappa shape index (κ1) is 21.5. The van der Waals surface area contributed by atoms with Crippen LogP contribution in [0, 0.1) is 11.3 Å². The van der Waals surface area contributed by atoms with Gasteiger partial charge >= 0.3 is 0 Å². The van der Waals surface area contributed by atoms with Crippen molar-refractivity contribution in [1.29, 1.82) is 5.26 Å². The molecule has 2 aromatic carbocycles. The molecule has 0 atom stereocenters. The van der Waals surface area contributed by atoms with E-state index in [1.807, 2.05) is 60.7 Å². The van der Waals surface area contributed by atoms with Crippen LogP contribution in [0.3, 0.4) is 0 Å². The standard InChI is InChI=1S/C24H23N5O2S/c25-16-20(22(30)26-23-27-28-24(32-23)29-13-5-2-6-14-29)15-18-9-11-21(12-10-18)31-17-19-7-3-1-4-8-19/h1,3-4,7-12,15H,2,5-6,13-14,17H2,(H,26,27,30)/b20-15-. The lowest BCUT2D eigenvalue weighted by Gasteiger charge is -2.25. The molecule has 0 aliphatic carbocycles. The zero-order chi connectivity index (χ0) is 22.2. The first-order valence-corrected chi connectivity index (χ1v) is 11.3. The van der Waals surface area contributed by atoms with Gasteiger partial charge in [0.1, 0.15) is 24.0 Å². The second-order valence-electron chi connectivity index (χ2n) is 7.40. The normalized spacial score (nSPS) is 14.0. The molecule has 1 saturated heterocycles. The van der Waals surface area contributed by atoms with Gasteiger partial charge in [0.05, 0.1) is 0 Å². The van der Waals surface area contributed by atoms with Crippen molar-refractivity contribution in [3.63, 3.8) is 0 Å². The second kappa shape index (κ2) is 10.6. The van der Waals surface area contributed by atoms with Crippen molar-refractivity contribution >= 4 is 33.6 Å². The van der Waals surface area contributed by atoms with Crippen molar-refractivity contribution in [3.05, 3.63) is 71.3 Å². The van der Waals surface area contributed by atoms with E-state index in [1.54, 1.807) is 6.08 Å². The number of benzene rings is 2. The monoisotopic (exact) mass is 445 g/mol. The van der Waals surface area contributed by atoms with Crippen LogP contribution in [0.2, 0.25) is 0 Å². The van der Waals surface area contributed by atoms with E-state index >= 15 is 0 Å². The number of hydrogen-bond donors (Lipinski definition) is 1. The molecule has 32 heavy (non-hydrogen) atoms. The number of nitriles is 1. The van der Waals surface area contributed by atoms with Gasteiger partial charge in [0.15, 0.2) is 0 Å². The Morgan fingerprint density at radius 3 is 2.56 bits per heavy atom. The van der Waals surface area contributed by atoms with Gasteiger partial charge in [-0.05, 0) is 48.6 Å². The zero-order valence-corrected chi connectivity index (χ0v) is 18.3. The van der Waals surface area contributed by atoms with Crippen LogP contribution < -0.4 is 15.0 Å². The number of hydrogen-bond acceptors (Lipinski definition) is 7. The molecule has 1 N–H and O–H groups in total. The van der Waals surface area contributed by atoms with Crippen LogP contribution in [0.5, 0.6) is 5.75 Å². The van der Waals surface area contributed by atoms with Crippen LogP contribution in [0.15, 0.2) is 60.2 Å². The number of nitrogens with zero attached hydrogens (tertiary/aromatic N) is 4. The molecule has 2 heterocycles. The maximum atomic E-state index is 12.6. The summed E-state index contributed by atoms with van der Waals surface area (Å²) in [7, 11) is 0. The highest BCUT2D eigenvalue weighted by Crippen LogP contribution is 2.27.